The first-order valence-electron chi connectivity index (χ1n) is 6.02. The molecule has 0 radical (unpaired) electrons. The number of carbonyl (C=O) groups excluding carboxylic acids is 2. The van der Waals surface area contributed by atoms with Crippen molar-refractivity contribution in [2.24, 2.45) is 0 Å². The van der Waals surface area contributed by atoms with Crippen molar-refractivity contribution in [1.29, 1.82) is 0 Å². The first kappa shape index (κ1) is 14.8. The summed E-state index contributed by atoms with van der Waals surface area (Å²) in [6.07, 6.45) is 0.149. The molecular formula is C12H21NO5. The molecule has 2 atom stereocenters. The molecule has 1 aliphatic rings. The molecule has 6 heteroatoms. The van der Waals surface area contributed by atoms with Gasteiger partial charge in [0.05, 0.1) is 13.2 Å². The summed E-state index contributed by atoms with van der Waals surface area (Å²) in [5.74, 6) is -0.476. The van der Waals surface area contributed by atoms with Gasteiger partial charge in [-0.2, -0.15) is 0 Å². The van der Waals surface area contributed by atoms with E-state index >= 15 is 0 Å². The molecule has 1 amide bonds. The van der Waals surface area contributed by atoms with Gasteiger partial charge in [-0.3, -0.25) is 0 Å². The van der Waals surface area contributed by atoms with Crippen LogP contribution >= 0.6 is 0 Å². The molecule has 0 aliphatic carbocycles. The van der Waals surface area contributed by atoms with E-state index in [0.29, 0.717) is 13.0 Å². The number of nitrogens with one attached hydrogen (secondary N) is 1. The summed E-state index contributed by atoms with van der Waals surface area (Å²) in [5, 5.41) is 2.65. The number of ether oxygens (including phenoxy) is 3. The largest absolute Gasteiger partial charge is 0.467 e. The van der Waals surface area contributed by atoms with Crippen LogP contribution in [-0.2, 0) is 19.0 Å². The van der Waals surface area contributed by atoms with E-state index < -0.39 is 29.8 Å². The van der Waals surface area contributed by atoms with E-state index in [4.69, 9.17) is 9.47 Å². The minimum atomic E-state index is -0.753. The Kier molecular flexibility index (Phi) is 4.95. The fourth-order valence-electron chi connectivity index (χ4n) is 1.74. The van der Waals surface area contributed by atoms with E-state index in [1.807, 2.05) is 0 Å². The molecular weight excluding hydrogens is 238 g/mol. The molecule has 6 nitrogen and oxygen atoms in total. The maximum absolute atomic E-state index is 11.6. The lowest BCUT2D eigenvalue weighted by Crippen LogP contribution is -2.52. The quantitative estimate of drug-likeness (QED) is 0.755. The van der Waals surface area contributed by atoms with E-state index in [9.17, 15) is 9.59 Å². The molecule has 1 N–H and O–H groups in total. The van der Waals surface area contributed by atoms with Crippen LogP contribution in [0.1, 0.15) is 33.6 Å². The summed E-state index contributed by atoms with van der Waals surface area (Å²) >= 11 is 0. The third kappa shape index (κ3) is 4.52. The van der Waals surface area contributed by atoms with Gasteiger partial charge in [0.1, 0.15) is 5.60 Å². The zero-order valence-corrected chi connectivity index (χ0v) is 11.3. The summed E-state index contributed by atoms with van der Waals surface area (Å²) in [6, 6.07) is -0.402. The highest BCUT2D eigenvalue weighted by atomic mass is 16.6. The Bertz CT molecular complexity index is 310. The molecule has 0 aromatic rings. The molecule has 104 valence electrons. The standard InChI is InChI=1S/C12H21NO5/c1-12(2,3)18-11(15)13-8-6-5-7-17-9(8)10(14)16-4/h8-9H,5-7H2,1-4H3,(H,13,15). The molecule has 1 rings (SSSR count). The zero-order chi connectivity index (χ0) is 13.8. The van der Waals surface area contributed by atoms with Gasteiger partial charge in [-0.15, -0.1) is 0 Å². The van der Waals surface area contributed by atoms with E-state index in [1.165, 1.54) is 7.11 Å². The second-order valence-corrected chi connectivity index (χ2v) is 5.21. The Labute approximate surface area is 107 Å². The second-order valence-electron chi connectivity index (χ2n) is 5.21. The van der Waals surface area contributed by atoms with Gasteiger partial charge >= 0.3 is 12.1 Å². The Morgan fingerprint density at radius 2 is 2.00 bits per heavy atom. The van der Waals surface area contributed by atoms with Crippen LogP contribution in [0.5, 0.6) is 0 Å². The highest BCUT2D eigenvalue weighted by molar-refractivity contribution is 5.77. The molecule has 0 saturated carbocycles. The lowest BCUT2D eigenvalue weighted by molar-refractivity contribution is -0.159. The van der Waals surface area contributed by atoms with Gasteiger partial charge in [0.25, 0.3) is 0 Å². The third-order valence-corrected chi connectivity index (χ3v) is 2.46. The Balaban J connectivity index is 2.57. The number of hydrogen-bond acceptors (Lipinski definition) is 5. The number of amides is 1. The minimum absolute atomic E-state index is 0.402. The van der Waals surface area contributed by atoms with Crippen LogP contribution in [0.3, 0.4) is 0 Å². The molecule has 0 bridgehead atoms. The van der Waals surface area contributed by atoms with Crippen LogP contribution in [0.15, 0.2) is 0 Å². The van der Waals surface area contributed by atoms with Crippen LogP contribution in [0.25, 0.3) is 0 Å². The Hall–Kier alpha value is -1.30. The summed E-state index contributed by atoms with van der Waals surface area (Å²) in [4.78, 5) is 23.1. The molecule has 1 heterocycles. The van der Waals surface area contributed by atoms with Crippen molar-refractivity contribution >= 4 is 12.1 Å². The predicted molar refractivity (Wildman–Crippen MR) is 64.1 cm³/mol. The zero-order valence-electron chi connectivity index (χ0n) is 11.3. The fraction of sp³-hybridized carbons (Fsp3) is 0.833. The summed E-state index contributed by atoms with van der Waals surface area (Å²) in [7, 11) is 1.30. The number of alkyl carbamates (subject to hydrolysis) is 1. The summed E-state index contributed by atoms with van der Waals surface area (Å²) in [6.45, 7) is 5.83. The van der Waals surface area contributed by atoms with E-state index in [-0.39, 0.29) is 0 Å². The first-order chi connectivity index (χ1) is 8.33. The molecule has 0 aromatic heterocycles. The van der Waals surface area contributed by atoms with Crippen LogP contribution in [0.2, 0.25) is 0 Å². The Morgan fingerprint density at radius 3 is 2.56 bits per heavy atom. The maximum Gasteiger partial charge on any atom is 0.407 e. The van der Waals surface area contributed by atoms with Crippen molar-refractivity contribution in [1.82, 2.24) is 5.32 Å². The molecule has 18 heavy (non-hydrogen) atoms. The van der Waals surface area contributed by atoms with Crippen molar-refractivity contribution in [2.75, 3.05) is 13.7 Å². The van der Waals surface area contributed by atoms with Crippen LogP contribution in [0.4, 0.5) is 4.79 Å². The minimum Gasteiger partial charge on any atom is -0.467 e. The highest BCUT2D eigenvalue weighted by Crippen LogP contribution is 2.16. The predicted octanol–water partition coefficient (Wildman–Crippen LogP) is 1.23. The monoisotopic (exact) mass is 259 g/mol. The number of rotatable bonds is 2. The second kappa shape index (κ2) is 6.04. The van der Waals surface area contributed by atoms with Crippen molar-refractivity contribution in [3.05, 3.63) is 0 Å². The van der Waals surface area contributed by atoms with E-state index in [1.54, 1.807) is 20.8 Å². The number of methoxy groups -OCH3 is 1. The molecule has 2 unspecified atom stereocenters. The van der Waals surface area contributed by atoms with Gasteiger partial charge in [0.2, 0.25) is 0 Å². The third-order valence-electron chi connectivity index (χ3n) is 2.46. The lowest BCUT2D eigenvalue weighted by atomic mass is 10.0. The summed E-state index contributed by atoms with van der Waals surface area (Å²) < 4.78 is 15.1. The van der Waals surface area contributed by atoms with Gasteiger partial charge in [-0.05, 0) is 33.6 Å². The van der Waals surface area contributed by atoms with E-state index in [0.717, 1.165) is 6.42 Å². The molecule has 0 spiro atoms. The molecule has 1 saturated heterocycles. The van der Waals surface area contributed by atoms with Gasteiger partial charge < -0.3 is 19.5 Å². The topological polar surface area (TPSA) is 73.9 Å². The smallest absolute Gasteiger partial charge is 0.407 e. The average molecular weight is 259 g/mol. The Morgan fingerprint density at radius 1 is 1.33 bits per heavy atom. The molecule has 1 aliphatic heterocycles. The van der Waals surface area contributed by atoms with E-state index in [2.05, 4.69) is 10.1 Å². The first-order valence-corrected chi connectivity index (χ1v) is 6.02. The van der Waals surface area contributed by atoms with Gasteiger partial charge in [-0.25, -0.2) is 9.59 Å². The van der Waals surface area contributed by atoms with Crippen LogP contribution in [-0.4, -0.2) is 43.5 Å². The fourth-order valence-corrected chi connectivity index (χ4v) is 1.74. The van der Waals surface area contributed by atoms with Gasteiger partial charge in [0.15, 0.2) is 6.10 Å². The lowest BCUT2D eigenvalue weighted by Gasteiger charge is -2.31. The van der Waals surface area contributed by atoms with Crippen molar-refractivity contribution < 1.29 is 23.8 Å². The van der Waals surface area contributed by atoms with Crippen LogP contribution in [0, 0.1) is 0 Å². The van der Waals surface area contributed by atoms with Gasteiger partial charge in [-0.1, -0.05) is 0 Å². The maximum atomic E-state index is 11.6. The summed E-state index contributed by atoms with van der Waals surface area (Å²) in [5.41, 5.74) is -0.569. The number of carbonyl (C=O) groups is 2. The van der Waals surface area contributed by atoms with Crippen molar-refractivity contribution in [3.63, 3.8) is 0 Å². The number of esters is 1. The number of hydrogen-bond donors (Lipinski definition) is 1. The molecule has 0 aromatic carbocycles. The highest BCUT2D eigenvalue weighted by Gasteiger charge is 2.34. The molecule has 1 fully saturated rings. The van der Waals surface area contributed by atoms with Crippen molar-refractivity contribution in [3.8, 4) is 0 Å². The SMILES string of the molecule is COC(=O)C1OCCCC1NC(=O)OC(C)(C)C. The average Bonchev–Trinajstić information content (AvgIpc) is 2.26. The van der Waals surface area contributed by atoms with Crippen LogP contribution < -0.4 is 5.32 Å². The van der Waals surface area contributed by atoms with Crippen molar-refractivity contribution in [2.45, 2.75) is 51.4 Å². The van der Waals surface area contributed by atoms with Gasteiger partial charge in [0, 0.05) is 6.61 Å². The normalized spacial score (nSPS) is 24.2.